The Bertz CT molecular complexity index is 957. The predicted molar refractivity (Wildman–Crippen MR) is 132 cm³/mol. The summed E-state index contributed by atoms with van der Waals surface area (Å²) in [7, 11) is 1.85. The summed E-state index contributed by atoms with van der Waals surface area (Å²) in [4.78, 5) is 21.3. The minimum atomic E-state index is 0. The Balaban J connectivity index is 0.00000272. The maximum Gasteiger partial charge on any atom is 0.246 e. The third kappa shape index (κ3) is 5.13. The van der Waals surface area contributed by atoms with E-state index in [1.165, 1.54) is 17.5 Å². The molecular formula is C22H31IN6O2. The number of guanidine groups is 1. The number of hydrogen-bond acceptors (Lipinski definition) is 4. The fraction of sp³-hybridized carbons (Fsp3) is 0.500. The van der Waals surface area contributed by atoms with Crippen LogP contribution in [0.25, 0.3) is 0 Å². The van der Waals surface area contributed by atoms with Gasteiger partial charge in [0, 0.05) is 38.4 Å². The van der Waals surface area contributed by atoms with Gasteiger partial charge in [-0.25, -0.2) is 4.99 Å². The van der Waals surface area contributed by atoms with E-state index in [2.05, 4.69) is 10.4 Å². The lowest BCUT2D eigenvalue weighted by Crippen LogP contribution is -2.55. The van der Waals surface area contributed by atoms with E-state index in [0.29, 0.717) is 37.9 Å². The first-order valence-electron chi connectivity index (χ1n) is 10.7. The molecule has 1 amide bonds. The van der Waals surface area contributed by atoms with Crippen molar-refractivity contribution in [2.24, 2.45) is 12.0 Å². The lowest BCUT2D eigenvalue weighted by Gasteiger charge is -2.35. The first-order chi connectivity index (χ1) is 14.6. The molecule has 1 saturated heterocycles. The molecule has 2 heterocycles. The molecule has 1 aromatic heterocycles. The Morgan fingerprint density at radius 3 is 2.77 bits per heavy atom. The van der Waals surface area contributed by atoms with Crippen molar-refractivity contribution in [2.75, 3.05) is 31.1 Å². The molecular weight excluding hydrogens is 507 g/mol. The van der Waals surface area contributed by atoms with Gasteiger partial charge in [-0.1, -0.05) is 6.07 Å². The number of halogens is 1. The van der Waals surface area contributed by atoms with Crippen LogP contribution in [0.15, 0.2) is 29.5 Å². The number of fused-ring (bicyclic) bond motifs is 1. The zero-order chi connectivity index (χ0) is 21.1. The van der Waals surface area contributed by atoms with Crippen LogP contribution in [-0.4, -0.2) is 57.8 Å². The molecule has 1 fully saturated rings. The van der Waals surface area contributed by atoms with Gasteiger partial charge in [0.2, 0.25) is 5.91 Å². The van der Waals surface area contributed by atoms with E-state index in [-0.39, 0.29) is 36.4 Å². The molecule has 9 heteroatoms. The summed E-state index contributed by atoms with van der Waals surface area (Å²) in [5.74, 6) is 1.05. The lowest BCUT2D eigenvalue weighted by atomic mass is 9.88. The molecule has 4 rings (SSSR count). The molecule has 0 saturated carbocycles. The average molecular weight is 538 g/mol. The molecule has 0 radical (unpaired) electrons. The number of aromatic nitrogens is 2. The SMILES string of the molecule is CCNC(=NCc1c(O)ccc2c1CCCC2)N1CCN(c2cnn(C)c2)C(=O)C1.I. The molecule has 0 bridgehead atoms. The molecule has 2 aromatic rings. The number of amides is 1. The number of carbonyl (C=O) groups is 1. The highest BCUT2D eigenvalue weighted by molar-refractivity contribution is 14.0. The third-order valence-electron chi connectivity index (χ3n) is 5.87. The molecule has 168 valence electrons. The minimum Gasteiger partial charge on any atom is -0.508 e. The molecule has 0 atom stereocenters. The number of aliphatic imine (C=N–C) groups is 1. The van der Waals surface area contributed by atoms with Crippen molar-refractivity contribution >= 4 is 41.5 Å². The fourth-order valence-electron chi connectivity index (χ4n) is 4.32. The number of hydrogen-bond donors (Lipinski definition) is 2. The summed E-state index contributed by atoms with van der Waals surface area (Å²) in [5, 5.41) is 17.9. The monoisotopic (exact) mass is 538 g/mol. The number of piperazine rings is 1. The Hall–Kier alpha value is -2.30. The van der Waals surface area contributed by atoms with Crippen LogP contribution in [0.3, 0.4) is 0 Å². The summed E-state index contributed by atoms with van der Waals surface area (Å²) in [6, 6.07) is 3.83. The van der Waals surface area contributed by atoms with Crippen LogP contribution < -0.4 is 10.2 Å². The Kier molecular flexibility index (Phi) is 7.79. The Morgan fingerprint density at radius 2 is 2.06 bits per heavy atom. The number of nitrogens with zero attached hydrogens (tertiary/aromatic N) is 5. The van der Waals surface area contributed by atoms with E-state index in [0.717, 1.165) is 30.5 Å². The van der Waals surface area contributed by atoms with Crippen LogP contribution in [-0.2, 0) is 31.2 Å². The second kappa shape index (κ2) is 10.3. The number of nitrogens with one attached hydrogen (secondary N) is 1. The van der Waals surface area contributed by atoms with Crippen molar-refractivity contribution in [3.05, 3.63) is 41.2 Å². The highest BCUT2D eigenvalue weighted by Crippen LogP contribution is 2.31. The van der Waals surface area contributed by atoms with Crippen molar-refractivity contribution in [3.63, 3.8) is 0 Å². The molecule has 0 unspecified atom stereocenters. The largest absolute Gasteiger partial charge is 0.508 e. The maximum absolute atomic E-state index is 12.8. The van der Waals surface area contributed by atoms with E-state index in [4.69, 9.17) is 4.99 Å². The number of aryl methyl sites for hydroxylation is 2. The molecule has 2 aliphatic rings. The van der Waals surface area contributed by atoms with E-state index in [9.17, 15) is 9.90 Å². The van der Waals surface area contributed by atoms with Crippen molar-refractivity contribution < 1.29 is 9.90 Å². The minimum absolute atomic E-state index is 0. The Morgan fingerprint density at radius 1 is 1.26 bits per heavy atom. The van der Waals surface area contributed by atoms with Crippen LogP contribution in [0.4, 0.5) is 5.69 Å². The quantitative estimate of drug-likeness (QED) is 0.355. The second-order valence-electron chi connectivity index (χ2n) is 7.92. The number of phenols is 1. The van der Waals surface area contributed by atoms with Gasteiger partial charge in [0.15, 0.2) is 5.96 Å². The predicted octanol–water partition coefficient (Wildman–Crippen LogP) is 2.44. The summed E-state index contributed by atoms with van der Waals surface area (Å²) in [5.41, 5.74) is 4.32. The van der Waals surface area contributed by atoms with Crippen LogP contribution in [0.1, 0.15) is 36.5 Å². The molecule has 1 aliphatic heterocycles. The molecule has 1 aromatic carbocycles. The van der Waals surface area contributed by atoms with E-state index in [1.54, 1.807) is 21.8 Å². The standard InChI is InChI=1S/C22H30N6O2.HI/c1-3-23-22(24-13-19-18-7-5-4-6-16(18)8-9-20(19)29)27-10-11-28(21(30)15-27)17-12-25-26(2)14-17;/h8-9,12,14,29H,3-7,10-11,13,15H2,1-2H3,(H,23,24);1H. The maximum atomic E-state index is 12.8. The Labute approximate surface area is 200 Å². The van der Waals surface area contributed by atoms with E-state index >= 15 is 0 Å². The van der Waals surface area contributed by atoms with Gasteiger partial charge in [-0.3, -0.25) is 9.48 Å². The number of benzene rings is 1. The summed E-state index contributed by atoms with van der Waals surface area (Å²) in [6.45, 7) is 4.68. The van der Waals surface area contributed by atoms with Gasteiger partial charge in [-0.2, -0.15) is 5.10 Å². The van der Waals surface area contributed by atoms with Crippen molar-refractivity contribution in [3.8, 4) is 5.75 Å². The van der Waals surface area contributed by atoms with Crippen molar-refractivity contribution in [2.45, 2.75) is 39.2 Å². The molecule has 0 spiro atoms. The fourth-order valence-corrected chi connectivity index (χ4v) is 4.32. The highest BCUT2D eigenvalue weighted by atomic mass is 127. The van der Waals surface area contributed by atoms with E-state index < -0.39 is 0 Å². The molecule has 31 heavy (non-hydrogen) atoms. The molecule has 1 aliphatic carbocycles. The average Bonchev–Trinajstić information content (AvgIpc) is 3.18. The van der Waals surface area contributed by atoms with Crippen LogP contribution in [0, 0.1) is 0 Å². The third-order valence-corrected chi connectivity index (χ3v) is 5.87. The summed E-state index contributed by atoms with van der Waals surface area (Å²) >= 11 is 0. The van der Waals surface area contributed by atoms with Gasteiger partial charge in [-0.05, 0) is 49.8 Å². The smallest absolute Gasteiger partial charge is 0.246 e. The summed E-state index contributed by atoms with van der Waals surface area (Å²) < 4.78 is 1.70. The van der Waals surface area contributed by atoms with Crippen LogP contribution in [0.5, 0.6) is 5.75 Å². The number of rotatable bonds is 4. The van der Waals surface area contributed by atoms with Crippen LogP contribution >= 0.6 is 24.0 Å². The summed E-state index contributed by atoms with van der Waals surface area (Å²) in [6.07, 6.45) is 7.98. The number of phenolic OH excluding ortho intramolecular Hbond substituents is 1. The first-order valence-corrected chi connectivity index (χ1v) is 10.7. The second-order valence-corrected chi connectivity index (χ2v) is 7.92. The van der Waals surface area contributed by atoms with Gasteiger partial charge in [-0.15, -0.1) is 24.0 Å². The van der Waals surface area contributed by atoms with Gasteiger partial charge >= 0.3 is 0 Å². The van der Waals surface area contributed by atoms with Gasteiger partial charge in [0.25, 0.3) is 0 Å². The number of anilines is 1. The van der Waals surface area contributed by atoms with Gasteiger partial charge < -0.3 is 20.2 Å². The first kappa shape index (κ1) is 23.4. The normalized spacial score (nSPS) is 16.7. The van der Waals surface area contributed by atoms with E-state index in [1.807, 2.05) is 31.1 Å². The number of carbonyl (C=O) groups excluding carboxylic acids is 1. The molecule has 8 nitrogen and oxygen atoms in total. The van der Waals surface area contributed by atoms with Crippen LogP contribution in [0.2, 0.25) is 0 Å². The number of aromatic hydroxyl groups is 1. The van der Waals surface area contributed by atoms with Gasteiger partial charge in [0.1, 0.15) is 12.3 Å². The molecule has 2 N–H and O–H groups in total. The zero-order valence-corrected chi connectivity index (χ0v) is 20.5. The lowest BCUT2D eigenvalue weighted by molar-refractivity contribution is -0.120. The van der Waals surface area contributed by atoms with Crippen molar-refractivity contribution in [1.29, 1.82) is 0 Å². The van der Waals surface area contributed by atoms with Gasteiger partial charge in [0.05, 0.1) is 18.4 Å². The highest BCUT2D eigenvalue weighted by Gasteiger charge is 2.28. The zero-order valence-electron chi connectivity index (χ0n) is 18.2. The topological polar surface area (TPSA) is 86.0 Å². The van der Waals surface area contributed by atoms with Crippen molar-refractivity contribution in [1.82, 2.24) is 20.0 Å².